The maximum atomic E-state index is 13.3. The molecule has 2 rings (SSSR count). The van der Waals surface area contributed by atoms with Gasteiger partial charge in [0.05, 0.1) is 0 Å². The first-order valence-corrected chi connectivity index (χ1v) is 5.85. The fourth-order valence-corrected chi connectivity index (χ4v) is 1.76. The van der Waals surface area contributed by atoms with Crippen LogP contribution in [0.2, 0.25) is 0 Å². The molecule has 0 saturated heterocycles. The first-order chi connectivity index (χ1) is 10.3. The maximum absolute atomic E-state index is 13.3. The molecule has 22 heavy (non-hydrogen) atoms. The number of aromatic hydroxyl groups is 3. The van der Waals surface area contributed by atoms with Crippen molar-refractivity contribution in [3.63, 3.8) is 0 Å². The Hall–Kier alpha value is -2.90. The van der Waals surface area contributed by atoms with Crippen LogP contribution in [0.4, 0.5) is 13.2 Å². The lowest BCUT2D eigenvalue weighted by atomic mass is 10.1. The topological polar surface area (TPSA) is 87.0 Å². The van der Waals surface area contributed by atoms with Crippen molar-refractivity contribution in [2.75, 3.05) is 6.61 Å². The van der Waals surface area contributed by atoms with Crippen LogP contribution in [0, 0.1) is 17.5 Å². The van der Waals surface area contributed by atoms with Crippen LogP contribution < -0.4 is 4.74 Å². The highest BCUT2D eigenvalue weighted by Gasteiger charge is 2.20. The second kappa shape index (κ2) is 5.84. The van der Waals surface area contributed by atoms with Gasteiger partial charge in [-0.2, -0.15) is 0 Å². The first-order valence-electron chi connectivity index (χ1n) is 5.85. The average molecular weight is 314 g/mol. The minimum atomic E-state index is -1.34. The predicted octanol–water partition coefficient (Wildman–Crippen LogP) is 2.48. The van der Waals surface area contributed by atoms with Gasteiger partial charge < -0.3 is 20.1 Å². The molecule has 0 bridgehead atoms. The maximum Gasteiger partial charge on any atom is 0.207 e. The lowest BCUT2D eigenvalue weighted by molar-refractivity contribution is 0.0910. The number of ether oxygens (including phenoxy) is 1. The van der Waals surface area contributed by atoms with E-state index in [1.54, 1.807) is 0 Å². The molecule has 0 aliphatic heterocycles. The van der Waals surface area contributed by atoms with Crippen molar-refractivity contribution in [2.24, 2.45) is 0 Å². The summed E-state index contributed by atoms with van der Waals surface area (Å²) in [6.07, 6.45) is 0. The van der Waals surface area contributed by atoms with E-state index in [4.69, 9.17) is 5.11 Å². The monoisotopic (exact) mass is 314 g/mol. The average Bonchev–Trinajstić information content (AvgIpc) is 2.35. The van der Waals surface area contributed by atoms with Gasteiger partial charge in [0.1, 0.15) is 28.6 Å². The number of phenolic OH excluding ortho intramolecular Hbond substituents is 3. The molecule has 0 aliphatic carbocycles. The molecule has 0 aromatic heterocycles. The number of hydrogen-bond donors (Lipinski definition) is 3. The van der Waals surface area contributed by atoms with Gasteiger partial charge in [-0.3, -0.25) is 4.79 Å². The van der Waals surface area contributed by atoms with E-state index >= 15 is 0 Å². The number of rotatable bonds is 4. The largest absolute Gasteiger partial charge is 0.508 e. The van der Waals surface area contributed by atoms with Gasteiger partial charge >= 0.3 is 0 Å². The second-order valence-corrected chi connectivity index (χ2v) is 4.27. The molecule has 0 radical (unpaired) electrons. The highest BCUT2D eigenvalue weighted by Crippen LogP contribution is 2.32. The van der Waals surface area contributed by atoms with E-state index < -0.39 is 58.4 Å². The summed E-state index contributed by atoms with van der Waals surface area (Å²) in [7, 11) is 0. The Morgan fingerprint density at radius 2 is 1.45 bits per heavy atom. The zero-order chi connectivity index (χ0) is 16.4. The third-order valence-corrected chi connectivity index (χ3v) is 2.67. The molecular weight excluding hydrogens is 305 g/mol. The van der Waals surface area contributed by atoms with Gasteiger partial charge in [-0.05, 0) is 0 Å². The fraction of sp³-hybridized carbons (Fsp3) is 0.0714. The van der Waals surface area contributed by atoms with Crippen molar-refractivity contribution >= 4 is 5.78 Å². The molecule has 116 valence electrons. The highest BCUT2D eigenvalue weighted by molar-refractivity contribution is 6.02. The van der Waals surface area contributed by atoms with Crippen molar-refractivity contribution in [3.05, 3.63) is 47.3 Å². The van der Waals surface area contributed by atoms with E-state index in [9.17, 15) is 28.2 Å². The van der Waals surface area contributed by atoms with Gasteiger partial charge in [0.2, 0.25) is 5.78 Å². The lowest BCUT2D eigenvalue weighted by Crippen LogP contribution is -2.13. The first kappa shape index (κ1) is 15.5. The molecule has 2 aromatic rings. The molecule has 0 atom stereocenters. The molecule has 0 saturated carbocycles. The van der Waals surface area contributed by atoms with Crippen LogP contribution in [0.25, 0.3) is 0 Å². The molecule has 8 heteroatoms. The Morgan fingerprint density at radius 3 is 1.95 bits per heavy atom. The SMILES string of the molecule is O=C(COc1c(F)cc(F)cc1F)c1c(O)cc(O)cc1O. The normalized spacial score (nSPS) is 10.5. The van der Waals surface area contributed by atoms with E-state index in [0.29, 0.717) is 12.1 Å². The third-order valence-electron chi connectivity index (χ3n) is 2.67. The number of Topliss-reactive ketones (excluding diaryl/α,β-unsaturated/α-hetero) is 1. The van der Waals surface area contributed by atoms with Gasteiger partial charge in [-0.15, -0.1) is 0 Å². The van der Waals surface area contributed by atoms with Gasteiger partial charge in [0, 0.05) is 24.3 Å². The van der Waals surface area contributed by atoms with Crippen molar-refractivity contribution in [3.8, 4) is 23.0 Å². The highest BCUT2D eigenvalue weighted by atomic mass is 19.1. The number of halogens is 3. The van der Waals surface area contributed by atoms with Crippen molar-refractivity contribution in [1.82, 2.24) is 0 Å². The molecule has 0 aliphatic rings. The van der Waals surface area contributed by atoms with Crippen molar-refractivity contribution < 1.29 is 38.0 Å². The molecule has 0 fully saturated rings. The summed E-state index contributed by atoms with van der Waals surface area (Å²) in [4.78, 5) is 11.8. The summed E-state index contributed by atoms with van der Waals surface area (Å²) in [5.74, 6) is -7.75. The lowest BCUT2D eigenvalue weighted by Gasteiger charge is -2.10. The predicted molar refractivity (Wildman–Crippen MR) is 67.6 cm³/mol. The van der Waals surface area contributed by atoms with E-state index in [2.05, 4.69) is 4.74 Å². The van der Waals surface area contributed by atoms with E-state index in [-0.39, 0.29) is 0 Å². The van der Waals surface area contributed by atoms with Crippen LogP contribution in [-0.4, -0.2) is 27.7 Å². The Labute approximate surface area is 121 Å². The molecular formula is C14H9F3O5. The standard InChI is InChI=1S/C14H9F3O5/c15-6-1-8(16)14(9(17)2-6)22-5-12(21)13-10(19)3-7(18)4-11(13)20/h1-4,18-20H,5H2. The third kappa shape index (κ3) is 3.05. The van der Waals surface area contributed by atoms with Crippen LogP contribution in [0.1, 0.15) is 10.4 Å². The number of phenols is 3. The van der Waals surface area contributed by atoms with Crippen molar-refractivity contribution in [1.29, 1.82) is 0 Å². The molecule has 0 amide bonds. The number of ketones is 1. The quantitative estimate of drug-likeness (QED) is 0.755. The van der Waals surface area contributed by atoms with Gasteiger partial charge in [0.25, 0.3) is 0 Å². The van der Waals surface area contributed by atoms with Crippen molar-refractivity contribution in [2.45, 2.75) is 0 Å². The Morgan fingerprint density at radius 1 is 0.955 bits per heavy atom. The molecule has 5 nitrogen and oxygen atoms in total. The van der Waals surface area contributed by atoms with E-state index in [1.807, 2.05) is 0 Å². The van der Waals surface area contributed by atoms with Crippen LogP contribution in [0.5, 0.6) is 23.0 Å². The summed E-state index contributed by atoms with van der Waals surface area (Å²) in [5, 5.41) is 28.1. The summed E-state index contributed by atoms with van der Waals surface area (Å²) in [6.45, 7) is -0.925. The second-order valence-electron chi connectivity index (χ2n) is 4.27. The van der Waals surface area contributed by atoms with Gasteiger partial charge in [-0.1, -0.05) is 0 Å². The Kier molecular flexibility index (Phi) is 4.11. The molecule has 2 aromatic carbocycles. The van der Waals surface area contributed by atoms with Gasteiger partial charge in [-0.25, -0.2) is 13.2 Å². The minimum absolute atomic E-state index is 0.373. The van der Waals surface area contributed by atoms with Crippen LogP contribution >= 0.6 is 0 Å². The van der Waals surface area contributed by atoms with Crippen LogP contribution in [0.15, 0.2) is 24.3 Å². The number of benzene rings is 2. The zero-order valence-corrected chi connectivity index (χ0v) is 10.8. The smallest absolute Gasteiger partial charge is 0.207 e. The molecule has 0 unspecified atom stereocenters. The number of carbonyl (C=O) groups is 1. The molecule has 3 N–H and O–H groups in total. The van der Waals surface area contributed by atoms with Crippen LogP contribution in [-0.2, 0) is 0 Å². The summed E-state index contributed by atoms with van der Waals surface area (Å²) < 4.78 is 44.0. The van der Waals surface area contributed by atoms with Gasteiger partial charge in [0.15, 0.2) is 24.0 Å². The molecule has 0 spiro atoms. The Bertz CT molecular complexity index is 699. The van der Waals surface area contributed by atoms with E-state index in [0.717, 1.165) is 12.1 Å². The van der Waals surface area contributed by atoms with E-state index in [1.165, 1.54) is 0 Å². The fourth-order valence-electron chi connectivity index (χ4n) is 1.76. The Balaban J connectivity index is 2.21. The summed E-state index contributed by atoms with van der Waals surface area (Å²) in [5.41, 5.74) is -0.583. The molecule has 0 heterocycles. The minimum Gasteiger partial charge on any atom is -0.508 e. The summed E-state index contributed by atoms with van der Waals surface area (Å²) >= 11 is 0. The number of hydrogen-bond acceptors (Lipinski definition) is 5. The number of carbonyl (C=O) groups excluding carboxylic acids is 1. The van der Waals surface area contributed by atoms with Crippen LogP contribution in [0.3, 0.4) is 0 Å². The summed E-state index contributed by atoms with van der Waals surface area (Å²) in [6, 6.07) is 2.34. The zero-order valence-electron chi connectivity index (χ0n) is 10.8.